The maximum atomic E-state index is 14.9. The molecule has 1 fully saturated rings. The lowest BCUT2D eigenvalue weighted by molar-refractivity contribution is -0.114. The zero-order chi connectivity index (χ0) is 53.0. The predicted molar refractivity (Wildman–Crippen MR) is 270 cm³/mol. The zero-order valence-electron chi connectivity index (χ0n) is 41.0. The molecule has 5 rings (SSSR count). The molecular formula is C47H62ClN7O13S3. The Labute approximate surface area is 420 Å². The van der Waals surface area contributed by atoms with Crippen LogP contribution in [0.15, 0.2) is 75.8 Å². The van der Waals surface area contributed by atoms with Crippen LogP contribution in [-0.2, 0) is 39.9 Å². The number of nitrogens with one attached hydrogen (secondary N) is 2. The van der Waals surface area contributed by atoms with Crippen LogP contribution >= 0.6 is 11.6 Å². The van der Waals surface area contributed by atoms with Gasteiger partial charge in [0.1, 0.15) is 22.3 Å². The lowest BCUT2D eigenvalue weighted by Crippen LogP contribution is -2.49. The van der Waals surface area contributed by atoms with Gasteiger partial charge in [-0.1, -0.05) is 72.2 Å². The van der Waals surface area contributed by atoms with Crippen molar-refractivity contribution in [2.45, 2.75) is 99.0 Å². The summed E-state index contributed by atoms with van der Waals surface area (Å²) < 4.78 is 107. The van der Waals surface area contributed by atoms with Gasteiger partial charge in [0.15, 0.2) is 5.82 Å². The molecule has 0 bridgehead atoms. The van der Waals surface area contributed by atoms with Crippen molar-refractivity contribution in [2.24, 2.45) is 38.8 Å². The highest BCUT2D eigenvalue weighted by atomic mass is 35.5. The Morgan fingerprint density at radius 2 is 1.41 bits per heavy atom. The van der Waals surface area contributed by atoms with E-state index in [-0.39, 0.29) is 99.0 Å². The van der Waals surface area contributed by atoms with Crippen molar-refractivity contribution in [3.63, 3.8) is 0 Å². The molecule has 3 aromatic carbocycles. The van der Waals surface area contributed by atoms with E-state index in [0.717, 1.165) is 18.9 Å². The Hall–Kier alpha value is -5.30. The number of anilines is 3. The molecule has 5 N–H and O–H groups in total. The van der Waals surface area contributed by atoms with E-state index in [9.17, 15) is 53.3 Å². The first-order valence-electron chi connectivity index (χ1n) is 22.7. The third-order valence-corrected chi connectivity index (χ3v) is 15.0. The number of carbonyl (C=O) groups excluding carboxylic acids is 3. The van der Waals surface area contributed by atoms with Crippen LogP contribution in [0.25, 0.3) is 5.69 Å². The molecule has 4 aromatic rings. The molecule has 2 atom stereocenters. The van der Waals surface area contributed by atoms with Crippen molar-refractivity contribution < 1.29 is 58.0 Å². The highest BCUT2D eigenvalue weighted by Crippen LogP contribution is 2.50. The number of nitrogens with zero attached hydrogens (tertiary/aromatic N) is 5. The van der Waals surface area contributed by atoms with Gasteiger partial charge in [-0.2, -0.15) is 30.4 Å². The summed E-state index contributed by atoms with van der Waals surface area (Å²) in [5, 5.41) is 19.0. The number of ether oxygens (including phenoxy) is 1. The van der Waals surface area contributed by atoms with Gasteiger partial charge >= 0.3 is 5.97 Å². The summed E-state index contributed by atoms with van der Waals surface area (Å²) in [5.41, 5.74) is 0.145. The fourth-order valence-electron chi connectivity index (χ4n) is 8.84. The SMILES string of the molecule is CC(=O)Nc1cc(N(CCCS(=O)(=O)O)CCCS(=O)(=O)O)ccc1/N=N/c1c(C(=O)OC2C(C(C)(C)C)CC(C)CC2C(C)(C)C)c(C)nn1-c1ccc(NC(=O)c2ccccc2S(=O)(=O)O)cc1Cl. The van der Waals surface area contributed by atoms with Gasteiger partial charge in [0, 0.05) is 43.2 Å². The summed E-state index contributed by atoms with van der Waals surface area (Å²) in [6, 6.07) is 13.9. The van der Waals surface area contributed by atoms with Crippen molar-refractivity contribution in [3.05, 3.63) is 82.5 Å². The molecule has 71 heavy (non-hydrogen) atoms. The Morgan fingerprint density at radius 1 is 0.831 bits per heavy atom. The van der Waals surface area contributed by atoms with Gasteiger partial charge in [-0.15, -0.1) is 10.2 Å². The topological polar surface area (TPSA) is 293 Å². The van der Waals surface area contributed by atoms with E-state index in [1.54, 1.807) is 17.9 Å². The number of carbonyl (C=O) groups is 3. The maximum Gasteiger partial charge on any atom is 0.344 e. The Bertz CT molecular complexity index is 2960. The van der Waals surface area contributed by atoms with Crippen LogP contribution < -0.4 is 15.5 Å². The van der Waals surface area contributed by atoms with E-state index in [2.05, 4.69) is 69.3 Å². The molecule has 1 aliphatic carbocycles. The number of rotatable bonds is 18. The molecule has 388 valence electrons. The molecule has 24 heteroatoms. The summed E-state index contributed by atoms with van der Waals surface area (Å²) in [7, 11) is -13.4. The van der Waals surface area contributed by atoms with E-state index in [1.165, 1.54) is 60.1 Å². The van der Waals surface area contributed by atoms with E-state index < -0.39 is 70.6 Å². The van der Waals surface area contributed by atoms with Crippen molar-refractivity contribution in [2.75, 3.05) is 40.1 Å². The summed E-state index contributed by atoms with van der Waals surface area (Å²) in [6.07, 6.45) is 1.00. The quantitative estimate of drug-likeness (QED) is 0.0352. The standard InChI is InChI=1S/C47H62ClN7O13S3/c1-28-24-34(46(4,5)6)42(35(25-28)47(7,8)9)68-45(58)41-29(2)53-55(39-19-16-31(26-36(39)48)50-44(57)33-14-10-11-15-40(33)71(65,66)67)43(41)52-51-37-18-17-32(27-38(37)49-30(3)56)54(20-12-22-69(59,60)61)21-13-23-70(62,63)64/h10-11,14-19,26-28,34-35,42H,12-13,20-25H2,1-9H3,(H,49,56)(H,50,57)(H,59,60,61)(H,62,63,64)(H,65,66,67)/b52-51+. The molecule has 0 saturated heterocycles. The number of halogens is 1. The highest BCUT2D eigenvalue weighted by molar-refractivity contribution is 7.86. The van der Waals surface area contributed by atoms with Gasteiger partial charge in [-0.3, -0.25) is 23.2 Å². The number of aromatic nitrogens is 2. The van der Waals surface area contributed by atoms with Gasteiger partial charge in [0.05, 0.1) is 39.2 Å². The normalized spacial score (nSPS) is 18.0. The van der Waals surface area contributed by atoms with E-state index in [4.69, 9.17) is 21.4 Å². The molecule has 0 radical (unpaired) electrons. The third-order valence-electron chi connectivity index (χ3n) is 12.2. The molecule has 2 unspecified atom stereocenters. The molecule has 1 saturated carbocycles. The molecule has 20 nitrogen and oxygen atoms in total. The smallest absolute Gasteiger partial charge is 0.344 e. The van der Waals surface area contributed by atoms with E-state index in [1.807, 2.05) is 0 Å². The van der Waals surface area contributed by atoms with Crippen LogP contribution in [-0.4, -0.2) is 97.2 Å². The first-order chi connectivity index (χ1) is 32.7. The van der Waals surface area contributed by atoms with Crippen LogP contribution in [0.3, 0.4) is 0 Å². The van der Waals surface area contributed by atoms with Crippen LogP contribution in [0.4, 0.5) is 28.6 Å². The van der Waals surface area contributed by atoms with E-state index >= 15 is 0 Å². The third kappa shape index (κ3) is 15.4. The number of hydrogen-bond donors (Lipinski definition) is 5. The monoisotopic (exact) mass is 1060 g/mol. The van der Waals surface area contributed by atoms with Gasteiger partial charge < -0.3 is 20.3 Å². The van der Waals surface area contributed by atoms with Gasteiger partial charge in [-0.05, 0) is 97.9 Å². The number of benzene rings is 3. The van der Waals surface area contributed by atoms with Crippen LogP contribution in [0.1, 0.15) is 107 Å². The zero-order valence-corrected chi connectivity index (χ0v) is 44.2. The number of aryl methyl sites for hydroxylation is 1. The summed E-state index contributed by atoms with van der Waals surface area (Å²) in [6.45, 7) is 17.8. The average molecular weight is 1060 g/mol. The maximum absolute atomic E-state index is 14.9. The summed E-state index contributed by atoms with van der Waals surface area (Å²) in [4.78, 5) is 41.8. The second kappa shape index (κ2) is 22.2. The molecule has 0 spiro atoms. The number of hydrogen-bond acceptors (Lipinski definition) is 14. The minimum Gasteiger partial charge on any atom is -0.458 e. The minimum atomic E-state index is -4.76. The van der Waals surface area contributed by atoms with E-state index in [0.29, 0.717) is 11.6 Å². The molecule has 1 aliphatic rings. The van der Waals surface area contributed by atoms with Crippen LogP contribution in [0.2, 0.25) is 5.02 Å². The molecular weight excluding hydrogens is 1000 g/mol. The van der Waals surface area contributed by atoms with Crippen molar-refractivity contribution in [1.29, 1.82) is 0 Å². The average Bonchev–Trinajstić information content (AvgIpc) is 3.56. The lowest BCUT2D eigenvalue weighted by Gasteiger charge is -2.50. The Morgan fingerprint density at radius 3 is 1.93 bits per heavy atom. The lowest BCUT2D eigenvalue weighted by atomic mass is 9.59. The molecule has 1 aromatic heterocycles. The summed E-state index contributed by atoms with van der Waals surface area (Å²) in [5.74, 6) is -3.12. The highest BCUT2D eigenvalue weighted by Gasteiger charge is 2.48. The minimum absolute atomic E-state index is 0.0158. The fraction of sp³-hybridized carbons (Fsp3) is 0.489. The molecule has 1 heterocycles. The van der Waals surface area contributed by atoms with Crippen molar-refractivity contribution in [1.82, 2.24) is 9.78 Å². The predicted octanol–water partition coefficient (Wildman–Crippen LogP) is 9.35. The van der Waals surface area contributed by atoms with Gasteiger partial charge in [-0.25, -0.2) is 9.48 Å². The second-order valence-corrected chi connectivity index (χ2v) is 25.0. The Balaban J connectivity index is 1.64. The van der Waals surface area contributed by atoms with Crippen LogP contribution in [0, 0.1) is 35.5 Å². The fourth-order valence-corrected chi connectivity index (χ4v) is 10.8. The van der Waals surface area contributed by atoms with Crippen molar-refractivity contribution >= 4 is 88.3 Å². The van der Waals surface area contributed by atoms with Crippen molar-refractivity contribution in [3.8, 4) is 5.69 Å². The summed E-state index contributed by atoms with van der Waals surface area (Å²) >= 11 is 6.90. The van der Waals surface area contributed by atoms with Crippen LogP contribution in [0.5, 0.6) is 0 Å². The molecule has 2 amide bonds. The first-order valence-corrected chi connectivity index (χ1v) is 27.7. The Kier molecular flexibility index (Phi) is 17.7. The second-order valence-electron chi connectivity index (χ2n) is 20.0. The number of azo groups is 1. The number of esters is 1. The van der Waals surface area contributed by atoms with Gasteiger partial charge in [0.25, 0.3) is 36.3 Å². The number of amides is 2. The van der Waals surface area contributed by atoms with Gasteiger partial charge in [0.2, 0.25) is 5.91 Å². The molecule has 0 aliphatic heterocycles. The largest absolute Gasteiger partial charge is 0.458 e. The first kappa shape index (κ1) is 56.6.